The Morgan fingerprint density at radius 2 is 1.95 bits per heavy atom. The van der Waals surface area contributed by atoms with Crippen LogP contribution in [0.5, 0.6) is 0 Å². The van der Waals surface area contributed by atoms with E-state index >= 15 is 0 Å². The molecule has 0 heterocycles. The van der Waals surface area contributed by atoms with E-state index in [1.54, 1.807) is 19.9 Å². The predicted molar refractivity (Wildman–Crippen MR) is 72.5 cm³/mol. The van der Waals surface area contributed by atoms with Crippen LogP contribution in [0, 0.1) is 19.8 Å². The number of carboxylic acids is 1. The van der Waals surface area contributed by atoms with Crippen molar-refractivity contribution >= 4 is 17.6 Å². The smallest absolute Gasteiger partial charge is 0.336 e. The number of hydrogen-bond donors (Lipinski definition) is 2. The monoisotopic (exact) mass is 265 g/mol. The Balaban J connectivity index is 2.98. The molecule has 1 aromatic carbocycles. The van der Waals surface area contributed by atoms with Crippen molar-refractivity contribution in [1.29, 1.82) is 0 Å². The first-order valence-electron chi connectivity index (χ1n) is 6.01. The summed E-state index contributed by atoms with van der Waals surface area (Å²) >= 11 is 0. The quantitative estimate of drug-likeness (QED) is 0.856. The summed E-state index contributed by atoms with van der Waals surface area (Å²) in [6.45, 7) is 5.63. The largest absolute Gasteiger partial charge is 0.478 e. The van der Waals surface area contributed by atoms with Crippen molar-refractivity contribution in [3.63, 3.8) is 0 Å². The first-order chi connectivity index (χ1) is 8.86. The van der Waals surface area contributed by atoms with Gasteiger partial charge in [-0.25, -0.2) is 4.79 Å². The number of methoxy groups -OCH3 is 1. The van der Waals surface area contributed by atoms with Crippen LogP contribution in [-0.2, 0) is 9.53 Å². The number of nitrogens with one attached hydrogen (secondary N) is 1. The third kappa shape index (κ3) is 3.79. The Hall–Kier alpha value is -1.88. The zero-order valence-electron chi connectivity index (χ0n) is 11.6. The van der Waals surface area contributed by atoms with Crippen LogP contribution in [-0.4, -0.2) is 30.7 Å². The number of aryl methyl sites for hydroxylation is 2. The van der Waals surface area contributed by atoms with Crippen molar-refractivity contribution in [2.24, 2.45) is 5.92 Å². The number of anilines is 1. The maximum atomic E-state index is 11.9. The van der Waals surface area contributed by atoms with E-state index in [2.05, 4.69) is 5.32 Å². The van der Waals surface area contributed by atoms with E-state index in [1.165, 1.54) is 13.2 Å². The summed E-state index contributed by atoms with van der Waals surface area (Å²) in [5.74, 6) is -1.48. The van der Waals surface area contributed by atoms with Crippen LogP contribution in [0.1, 0.15) is 28.4 Å². The van der Waals surface area contributed by atoms with Gasteiger partial charge in [0.25, 0.3) is 0 Å². The Labute approximate surface area is 112 Å². The highest BCUT2D eigenvalue weighted by Crippen LogP contribution is 2.21. The van der Waals surface area contributed by atoms with E-state index in [0.29, 0.717) is 17.9 Å². The second-order valence-corrected chi connectivity index (χ2v) is 4.63. The topological polar surface area (TPSA) is 75.6 Å². The second kappa shape index (κ2) is 6.33. The molecule has 1 unspecified atom stereocenters. The first kappa shape index (κ1) is 15.2. The van der Waals surface area contributed by atoms with Gasteiger partial charge in [-0.1, -0.05) is 13.0 Å². The molecule has 5 nitrogen and oxygen atoms in total. The van der Waals surface area contributed by atoms with Crippen LogP contribution < -0.4 is 5.32 Å². The number of carboxylic acid groups (broad SMARTS) is 1. The van der Waals surface area contributed by atoms with Crippen LogP contribution in [0.15, 0.2) is 12.1 Å². The van der Waals surface area contributed by atoms with Gasteiger partial charge in [-0.05, 0) is 31.0 Å². The third-order valence-corrected chi connectivity index (χ3v) is 2.92. The molecule has 0 fully saturated rings. The normalized spacial score (nSPS) is 12.0. The SMILES string of the molecule is COCC(C)C(=O)Nc1cc(C(=O)O)c(C)cc1C. The standard InChI is InChI=1S/C14H19NO4/c1-8-5-9(2)12(6-11(8)14(17)18)15-13(16)10(3)7-19-4/h5-6,10H,7H2,1-4H3,(H,15,16)(H,17,18). The van der Waals surface area contributed by atoms with E-state index in [4.69, 9.17) is 9.84 Å². The van der Waals surface area contributed by atoms with E-state index < -0.39 is 5.97 Å². The number of hydrogen-bond acceptors (Lipinski definition) is 3. The number of rotatable bonds is 5. The van der Waals surface area contributed by atoms with Crippen molar-refractivity contribution in [3.05, 3.63) is 28.8 Å². The van der Waals surface area contributed by atoms with Gasteiger partial charge in [0.1, 0.15) is 0 Å². The molecule has 0 aliphatic heterocycles. The molecule has 0 bridgehead atoms. The number of carbonyl (C=O) groups excluding carboxylic acids is 1. The van der Waals surface area contributed by atoms with Gasteiger partial charge in [0.2, 0.25) is 5.91 Å². The summed E-state index contributed by atoms with van der Waals surface area (Å²) in [6, 6.07) is 3.24. The van der Waals surface area contributed by atoms with E-state index in [-0.39, 0.29) is 17.4 Å². The molecule has 0 saturated carbocycles. The van der Waals surface area contributed by atoms with Gasteiger partial charge >= 0.3 is 5.97 Å². The van der Waals surface area contributed by atoms with Crippen molar-refractivity contribution in [2.45, 2.75) is 20.8 Å². The molecule has 0 spiro atoms. The third-order valence-electron chi connectivity index (χ3n) is 2.92. The molecule has 1 atom stereocenters. The van der Waals surface area contributed by atoms with E-state index in [9.17, 15) is 9.59 Å². The molecule has 1 rings (SSSR count). The summed E-state index contributed by atoms with van der Waals surface area (Å²) in [4.78, 5) is 23.0. The summed E-state index contributed by atoms with van der Waals surface area (Å²) in [5.41, 5.74) is 2.23. The van der Waals surface area contributed by atoms with E-state index in [1.807, 2.05) is 6.92 Å². The van der Waals surface area contributed by atoms with Gasteiger partial charge in [-0.2, -0.15) is 0 Å². The number of ether oxygens (including phenoxy) is 1. The van der Waals surface area contributed by atoms with Crippen LogP contribution in [0.3, 0.4) is 0 Å². The lowest BCUT2D eigenvalue weighted by Gasteiger charge is -2.14. The lowest BCUT2D eigenvalue weighted by molar-refractivity contribution is -0.120. The zero-order valence-corrected chi connectivity index (χ0v) is 11.6. The van der Waals surface area contributed by atoms with E-state index in [0.717, 1.165) is 5.56 Å². The predicted octanol–water partition coefficient (Wildman–Crippen LogP) is 2.22. The highest BCUT2D eigenvalue weighted by atomic mass is 16.5. The zero-order chi connectivity index (χ0) is 14.6. The summed E-state index contributed by atoms with van der Waals surface area (Å²) in [7, 11) is 1.53. The summed E-state index contributed by atoms with van der Waals surface area (Å²) in [5, 5.41) is 11.8. The first-order valence-corrected chi connectivity index (χ1v) is 6.01. The molecule has 1 amide bonds. The fraction of sp³-hybridized carbons (Fsp3) is 0.429. The molecule has 0 aliphatic carbocycles. The molecule has 0 aromatic heterocycles. The van der Waals surface area contributed by atoms with Gasteiger partial charge in [0.15, 0.2) is 0 Å². The maximum absolute atomic E-state index is 11.9. The van der Waals surface area contributed by atoms with Crippen molar-refractivity contribution in [1.82, 2.24) is 0 Å². The molecule has 0 aliphatic rings. The molecular formula is C14H19NO4. The second-order valence-electron chi connectivity index (χ2n) is 4.63. The Bertz CT molecular complexity index is 496. The van der Waals surface area contributed by atoms with Gasteiger partial charge in [0.05, 0.1) is 18.1 Å². The Morgan fingerprint density at radius 1 is 1.32 bits per heavy atom. The highest BCUT2D eigenvalue weighted by Gasteiger charge is 2.16. The summed E-state index contributed by atoms with van der Waals surface area (Å²) in [6.07, 6.45) is 0. The molecule has 104 valence electrons. The average Bonchev–Trinajstić information content (AvgIpc) is 2.32. The van der Waals surface area contributed by atoms with Crippen molar-refractivity contribution < 1.29 is 19.4 Å². The van der Waals surface area contributed by atoms with Crippen molar-refractivity contribution in [3.8, 4) is 0 Å². The molecule has 5 heteroatoms. The van der Waals surface area contributed by atoms with Crippen LogP contribution in [0.2, 0.25) is 0 Å². The molecule has 0 radical (unpaired) electrons. The minimum atomic E-state index is -1.00. The lowest BCUT2D eigenvalue weighted by Crippen LogP contribution is -2.24. The molecule has 19 heavy (non-hydrogen) atoms. The Morgan fingerprint density at radius 3 is 2.47 bits per heavy atom. The van der Waals surface area contributed by atoms with Crippen molar-refractivity contribution in [2.75, 3.05) is 19.0 Å². The number of benzene rings is 1. The Kier molecular flexibility index (Phi) is 5.06. The number of aromatic carboxylic acids is 1. The minimum absolute atomic E-state index is 0.190. The number of carbonyl (C=O) groups is 2. The van der Waals surface area contributed by atoms with Crippen LogP contribution in [0.25, 0.3) is 0 Å². The fourth-order valence-electron chi connectivity index (χ4n) is 1.80. The maximum Gasteiger partial charge on any atom is 0.336 e. The minimum Gasteiger partial charge on any atom is -0.478 e. The molecular weight excluding hydrogens is 246 g/mol. The van der Waals surface area contributed by atoms with Gasteiger partial charge in [0, 0.05) is 12.8 Å². The molecule has 0 saturated heterocycles. The fourth-order valence-corrected chi connectivity index (χ4v) is 1.80. The molecule has 2 N–H and O–H groups in total. The van der Waals surface area contributed by atoms with Gasteiger partial charge in [-0.3, -0.25) is 4.79 Å². The highest BCUT2D eigenvalue weighted by molar-refractivity contribution is 5.96. The van der Waals surface area contributed by atoms with Gasteiger partial charge < -0.3 is 15.2 Å². The van der Waals surface area contributed by atoms with Crippen LogP contribution in [0.4, 0.5) is 5.69 Å². The van der Waals surface area contributed by atoms with Gasteiger partial charge in [-0.15, -0.1) is 0 Å². The van der Waals surface area contributed by atoms with Crippen LogP contribution >= 0.6 is 0 Å². The average molecular weight is 265 g/mol. The number of amides is 1. The molecule has 1 aromatic rings. The lowest BCUT2D eigenvalue weighted by atomic mass is 10.0. The summed E-state index contributed by atoms with van der Waals surface area (Å²) < 4.78 is 4.92.